The van der Waals surface area contributed by atoms with Crippen LogP contribution in [0, 0.1) is 21.8 Å². The third kappa shape index (κ3) is 10.3. The smallest absolute Gasteiger partial charge is 0.408 e. The zero-order valence-electron chi connectivity index (χ0n) is 36.4. The Labute approximate surface area is 379 Å². The number of nitrogens with one attached hydrogen (secondary N) is 3. The highest BCUT2D eigenvalue weighted by Crippen LogP contribution is 2.45. The van der Waals surface area contributed by atoms with E-state index in [-0.39, 0.29) is 29.8 Å². The van der Waals surface area contributed by atoms with Gasteiger partial charge in [-0.3, -0.25) is 24.5 Å². The second kappa shape index (κ2) is 18.6. The van der Waals surface area contributed by atoms with Crippen molar-refractivity contribution >= 4 is 50.4 Å². The van der Waals surface area contributed by atoms with Crippen LogP contribution in [0.25, 0.3) is 22.2 Å². The molecule has 17 nitrogen and oxygen atoms in total. The number of benzene rings is 4. The van der Waals surface area contributed by atoms with E-state index in [9.17, 15) is 42.1 Å². The van der Waals surface area contributed by atoms with Gasteiger partial charge < -0.3 is 29.7 Å². The lowest BCUT2D eigenvalue weighted by atomic mass is 10.0. The number of pyridine rings is 1. The number of fused-ring (bicyclic) bond motifs is 1. The average molecular weight is 923 g/mol. The number of nitrogens with zero attached hydrogens (tertiary/aromatic N) is 3. The minimum absolute atomic E-state index is 0.0140. The number of alkyl carbamates (subject to hydrolysis) is 1. The summed E-state index contributed by atoms with van der Waals surface area (Å²) in [6.07, 6.45) is -1.13. The summed E-state index contributed by atoms with van der Waals surface area (Å²) in [6.45, 7) is 8.31. The van der Waals surface area contributed by atoms with Gasteiger partial charge in [0.2, 0.25) is 17.6 Å². The zero-order valence-corrected chi connectivity index (χ0v) is 37.2. The first kappa shape index (κ1) is 46.6. The van der Waals surface area contributed by atoms with Gasteiger partial charge in [0.05, 0.1) is 34.7 Å². The van der Waals surface area contributed by atoms with Crippen LogP contribution in [0.4, 0.5) is 14.9 Å². The molecule has 19 heteroatoms. The van der Waals surface area contributed by atoms with Crippen LogP contribution >= 0.6 is 0 Å². The zero-order chi connectivity index (χ0) is 47.6. The molecule has 1 aromatic heterocycles. The average Bonchev–Trinajstić information content (AvgIpc) is 3.84. The fourth-order valence-electron chi connectivity index (χ4n) is 7.83. The van der Waals surface area contributed by atoms with Crippen LogP contribution in [0.2, 0.25) is 0 Å². The Kier molecular flexibility index (Phi) is 13.1. The Morgan fingerprint density at radius 1 is 1.02 bits per heavy atom. The minimum Gasteiger partial charge on any atom is -0.497 e. The van der Waals surface area contributed by atoms with Gasteiger partial charge in [0.25, 0.3) is 15.9 Å². The van der Waals surface area contributed by atoms with Crippen LogP contribution in [-0.4, -0.2) is 90.0 Å². The Bertz CT molecular complexity index is 2830. The molecule has 1 unspecified atom stereocenters. The SMILES string of the molecule is C=C[C@@H]1C[C@]1(NC(=O)[C@@H]1CC(Oc2cc(-c3ccccc3)nc3cc(OC)ccc23)CN1C(=O)[C@H](Cc1ccc(F)c([N+](=O)[O-])c1)NC(=O)OC(C)(C)C)C(=O)NS(=O)(=O)c1ccccc1. The van der Waals surface area contributed by atoms with Crippen molar-refractivity contribution < 1.29 is 51.1 Å². The molecule has 1 aliphatic heterocycles. The fourth-order valence-corrected chi connectivity index (χ4v) is 8.89. The Balaban J connectivity index is 1.26. The van der Waals surface area contributed by atoms with Gasteiger partial charge in [-0.2, -0.15) is 4.39 Å². The van der Waals surface area contributed by atoms with E-state index in [1.807, 2.05) is 30.3 Å². The third-order valence-electron chi connectivity index (χ3n) is 11.2. The summed E-state index contributed by atoms with van der Waals surface area (Å²) >= 11 is 0. The number of methoxy groups -OCH3 is 1. The molecule has 4 aromatic carbocycles. The number of carbonyl (C=O) groups is 4. The monoisotopic (exact) mass is 922 g/mol. The summed E-state index contributed by atoms with van der Waals surface area (Å²) in [5, 5.41) is 17.5. The maximum atomic E-state index is 15.0. The van der Waals surface area contributed by atoms with Gasteiger partial charge >= 0.3 is 11.8 Å². The number of likely N-dealkylation sites (tertiary alicyclic amines) is 1. The normalized spacial score (nSPS) is 19.5. The van der Waals surface area contributed by atoms with Crippen molar-refractivity contribution in [3.8, 4) is 22.8 Å². The molecular weight excluding hydrogens is 876 g/mol. The molecule has 0 bridgehead atoms. The van der Waals surface area contributed by atoms with E-state index in [1.54, 1.807) is 51.1 Å². The number of aromatic nitrogens is 1. The molecular formula is C47H47FN6O11S. The molecule has 2 aliphatic rings. The summed E-state index contributed by atoms with van der Waals surface area (Å²) in [4.78, 5) is 73.5. The fraction of sp³-hybridized carbons (Fsp3) is 0.298. The van der Waals surface area contributed by atoms with Crippen LogP contribution in [0.5, 0.6) is 11.5 Å². The number of sulfonamides is 1. The number of rotatable bonds is 15. The van der Waals surface area contributed by atoms with E-state index in [0.29, 0.717) is 28.1 Å². The third-order valence-corrected chi connectivity index (χ3v) is 12.5. The summed E-state index contributed by atoms with van der Waals surface area (Å²) in [5.41, 5.74) is -1.73. The van der Waals surface area contributed by atoms with Crippen molar-refractivity contribution in [2.45, 2.75) is 74.3 Å². The molecule has 7 rings (SSSR count). The molecule has 0 radical (unpaired) electrons. The van der Waals surface area contributed by atoms with Gasteiger partial charge in [0.1, 0.15) is 40.8 Å². The number of hydrogen-bond donors (Lipinski definition) is 3. The molecule has 3 N–H and O–H groups in total. The number of hydrogen-bond acceptors (Lipinski definition) is 12. The molecule has 4 amide bonds. The molecule has 2 fully saturated rings. The van der Waals surface area contributed by atoms with E-state index in [0.717, 1.165) is 22.6 Å². The Morgan fingerprint density at radius 2 is 1.71 bits per heavy atom. The van der Waals surface area contributed by atoms with Crippen molar-refractivity contribution in [2.24, 2.45) is 5.92 Å². The van der Waals surface area contributed by atoms with Crippen molar-refractivity contribution in [2.75, 3.05) is 13.7 Å². The number of halogens is 1. The summed E-state index contributed by atoms with van der Waals surface area (Å²) in [5.74, 6) is -3.67. The molecule has 0 spiro atoms. The molecule has 344 valence electrons. The van der Waals surface area contributed by atoms with Crippen molar-refractivity contribution in [3.05, 3.63) is 137 Å². The number of carbonyl (C=O) groups excluding carboxylic acids is 4. The highest BCUT2D eigenvalue weighted by molar-refractivity contribution is 7.90. The van der Waals surface area contributed by atoms with E-state index in [4.69, 9.17) is 19.2 Å². The minimum atomic E-state index is -4.38. The first-order chi connectivity index (χ1) is 31.3. The summed E-state index contributed by atoms with van der Waals surface area (Å²) in [7, 11) is -2.86. The van der Waals surface area contributed by atoms with Crippen LogP contribution in [-0.2, 0) is 35.6 Å². The van der Waals surface area contributed by atoms with Gasteiger partial charge in [-0.1, -0.05) is 60.7 Å². The summed E-state index contributed by atoms with van der Waals surface area (Å²) in [6, 6.07) is 23.5. The predicted molar refractivity (Wildman–Crippen MR) is 239 cm³/mol. The van der Waals surface area contributed by atoms with Crippen LogP contribution < -0.4 is 24.8 Å². The highest BCUT2D eigenvalue weighted by atomic mass is 32.2. The number of ether oxygens (including phenoxy) is 3. The van der Waals surface area contributed by atoms with E-state index < -0.39 is 91.9 Å². The van der Waals surface area contributed by atoms with Crippen LogP contribution in [0.1, 0.15) is 39.2 Å². The second-order valence-electron chi connectivity index (χ2n) is 16.9. The topological polar surface area (TPSA) is 225 Å². The van der Waals surface area contributed by atoms with Crippen molar-refractivity contribution in [3.63, 3.8) is 0 Å². The maximum Gasteiger partial charge on any atom is 0.408 e. The van der Waals surface area contributed by atoms with Crippen LogP contribution in [0.3, 0.4) is 0 Å². The van der Waals surface area contributed by atoms with Crippen molar-refractivity contribution in [1.29, 1.82) is 0 Å². The van der Waals surface area contributed by atoms with E-state index in [2.05, 4.69) is 21.9 Å². The first-order valence-corrected chi connectivity index (χ1v) is 22.3. The number of amides is 4. The van der Waals surface area contributed by atoms with Gasteiger partial charge in [0.15, 0.2) is 0 Å². The number of nitro benzene ring substituents is 1. The summed E-state index contributed by atoms with van der Waals surface area (Å²) < 4.78 is 60.7. The predicted octanol–water partition coefficient (Wildman–Crippen LogP) is 6.01. The lowest BCUT2D eigenvalue weighted by molar-refractivity contribution is -0.387. The molecule has 2 heterocycles. The quantitative estimate of drug-likeness (QED) is 0.0624. The lowest BCUT2D eigenvalue weighted by Gasteiger charge is -2.30. The Morgan fingerprint density at radius 3 is 2.35 bits per heavy atom. The van der Waals surface area contributed by atoms with Gasteiger partial charge in [-0.25, -0.2) is 22.9 Å². The van der Waals surface area contributed by atoms with Crippen LogP contribution in [0.15, 0.2) is 121 Å². The van der Waals surface area contributed by atoms with E-state index in [1.165, 1.54) is 43.5 Å². The lowest BCUT2D eigenvalue weighted by Crippen LogP contribution is -2.58. The molecule has 1 aliphatic carbocycles. The molecule has 1 saturated heterocycles. The molecule has 66 heavy (non-hydrogen) atoms. The number of nitro groups is 1. The standard InChI is InChI=1S/C47H47FN6O11S/c1-6-30-26-47(30,44(57)52-66(61,62)33-15-11-8-12-16-33)51-42(55)40-24-32(64-41-25-36(29-13-9-7-10-14-29)49-37-23-31(63-5)18-19-34(37)41)27-53(40)43(56)38(50-45(58)65-46(2,3)4)21-28-17-20-35(48)39(22-28)54(59)60/h6-20,22-23,25,30,32,38,40H,1,21,24,26-27H2,2-5H3,(H,50,58)(H,51,55)(H,52,57)/t30-,32?,38+,40+,47-/m1/s1. The molecule has 5 aromatic rings. The van der Waals surface area contributed by atoms with E-state index >= 15 is 0 Å². The van der Waals surface area contributed by atoms with Gasteiger partial charge in [0, 0.05) is 47.9 Å². The molecule has 5 atom stereocenters. The first-order valence-electron chi connectivity index (χ1n) is 20.8. The van der Waals surface area contributed by atoms with Crippen molar-refractivity contribution in [1.82, 2.24) is 25.2 Å². The van der Waals surface area contributed by atoms with Gasteiger partial charge in [-0.15, -0.1) is 6.58 Å². The molecule has 1 saturated carbocycles. The maximum absolute atomic E-state index is 15.0. The highest BCUT2D eigenvalue weighted by Gasteiger charge is 2.61. The Hall–Kier alpha value is -7.41. The van der Waals surface area contributed by atoms with Gasteiger partial charge in [-0.05, 0) is 63.1 Å². The largest absolute Gasteiger partial charge is 0.497 e. The second-order valence-corrected chi connectivity index (χ2v) is 18.6.